The average Bonchev–Trinajstić information content (AvgIpc) is 1.86. The lowest BCUT2D eigenvalue weighted by molar-refractivity contribution is 0.598. The Morgan fingerprint density at radius 3 is 2.25 bits per heavy atom. The van der Waals surface area contributed by atoms with Gasteiger partial charge in [0.15, 0.2) is 11.6 Å². The number of halogens is 3. The van der Waals surface area contributed by atoms with E-state index >= 15 is 0 Å². The molecule has 0 aliphatic carbocycles. The minimum Gasteiger partial charge on any atom is -0.311 e. The maximum absolute atomic E-state index is 12.3. The minimum atomic E-state index is -0.633. The molecule has 1 heterocycles. The van der Waals surface area contributed by atoms with Crippen LogP contribution in [0.4, 0.5) is 4.39 Å². The lowest BCUT2D eigenvalue weighted by atomic mass is 10.3. The molecule has 3 nitrogen and oxygen atoms in total. The van der Waals surface area contributed by atoms with E-state index in [1.54, 1.807) is 6.92 Å². The highest BCUT2D eigenvalue weighted by Crippen LogP contribution is 2.20. The number of aromatic nitrogens is 2. The van der Waals surface area contributed by atoms with Crippen molar-refractivity contribution in [2.24, 2.45) is 5.73 Å². The Bertz CT molecular complexity index is 246. The van der Waals surface area contributed by atoms with Crippen LogP contribution in [-0.2, 0) is 3.55 Å². The van der Waals surface area contributed by atoms with E-state index in [0.29, 0.717) is 5.82 Å². The summed E-state index contributed by atoms with van der Waals surface area (Å²) in [6.07, 6.45) is 2.21. The Morgan fingerprint density at radius 2 is 1.92 bits per heavy atom. The summed E-state index contributed by atoms with van der Waals surface area (Å²) in [5.74, 6) is -0.0195. The van der Waals surface area contributed by atoms with Crippen molar-refractivity contribution in [3.63, 3.8) is 0 Å². The van der Waals surface area contributed by atoms with Crippen molar-refractivity contribution in [3.05, 3.63) is 24.0 Å². The first kappa shape index (κ1) is 12.0. The van der Waals surface area contributed by atoms with Gasteiger partial charge < -0.3 is 5.73 Å². The van der Waals surface area contributed by atoms with Crippen LogP contribution in [0.3, 0.4) is 0 Å². The van der Waals surface area contributed by atoms with Gasteiger partial charge in [-0.2, -0.15) is 0 Å². The lowest BCUT2D eigenvalue weighted by Crippen LogP contribution is -2.27. The van der Waals surface area contributed by atoms with Gasteiger partial charge in [-0.05, 0) is 6.92 Å². The molecule has 0 aliphatic heterocycles. The number of hydrogen-bond acceptors (Lipinski definition) is 3. The molecule has 0 unspecified atom stereocenters. The second kappa shape index (κ2) is 4.29. The summed E-state index contributed by atoms with van der Waals surface area (Å²) < 4.78 is 11.7. The summed E-state index contributed by atoms with van der Waals surface area (Å²) in [5, 5.41) is 0. The highest BCUT2D eigenvalue weighted by molar-refractivity contribution is 14.1. The Balaban J connectivity index is 0.00000121. The molecule has 0 bridgehead atoms. The molecule has 0 aliphatic rings. The molecule has 68 valence electrons. The topological polar surface area (TPSA) is 51.8 Å². The van der Waals surface area contributed by atoms with Gasteiger partial charge >= 0.3 is 0 Å². The van der Waals surface area contributed by atoms with Crippen molar-refractivity contribution in [2.45, 2.75) is 10.5 Å². The molecule has 0 saturated heterocycles. The zero-order valence-electron chi connectivity index (χ0n) is 6.29. The van der Waals surface area contributed by atoms with Gasteiger partial charge in [0.05, 0.1) is 12.4 Å². The first-order valence-corrected chi connectivity index (χ1v) is 4.04. The molecule has 0 radical (unpaired) electrons. The molecule has 0 aromatic carbocycles. The maximum Gasteiger partial charge on any atom is 0.159 e. The Morgan fingerprint density at radius 1 is 1.50 bits per heavy atom. The van der Waals surface area contributed by atoms with Crippen LogP contribution in [-0.4, -0.2) is 9.97 Å². The molecule has 0 amide bonds. The fraction of sp³-hybridized carbons (Fsp3) is 0.333. The third-order valence-corrected chi connectivity index (χ3v) is 1.54. The third kappa shape index (κ3) is 3.16. The summed E-state index contributed by atoms with van der Waals surface area (Å²) >= 11 is 1.98. The number of hydrogen-bond donors (Lipinski definition) is 1. The molecule has 0 fully saturated rings. The molecule has 0 saturated carbocycles. The van der Waals surface area contributed by atoms with E-state index in [0.717, 1.165) is 12.4 Å². The number of alkyl halides is 1. The molecule has 12 heavy (non-hydrogen) atoms. The standard InChI is InChI=1S/C6H7FIN3.ClH/c1-6(8,9)5-10-2-4(7)3-11-5;/h2-3H,9H2,1H3;1H/t6-;/m1./s1. The molecule has 2 N–H and O–H groups in total. The van der Waals surface area contributed by atoms with Gasteiger partial charge in [-0.3, -0.25) is 0 Å². The summed E-state index contributed by atoms with van der Waals surface area (Å²) in [4.78, 5) is 7.46. The fourth-order valence-electron chi connectivity index (χ4n) is 0.565. The monoisotopic (exact) mass is 303 g/mol. The molecule has 1 aromatic heterocycles. The zero-order chi connectivity index (χ0) is 8.48. The first-order valence-electron chi connectivity index (χ1n) is 2.96. The van der Waals surface area contributed by atoms with E-state index in [1.807, 2.05) is 22.6 Å². The summed E-state index contributed by atoms with van der Waals surface area (Å²) in [5.41, 5.74) is 5.65. The van der Waals surface area contributed by atoms with Gasteiger partial charge in [0.25, 0.3) is 0 Å². The molecular weight excluding hydrogens is 295 g/mol. The maximum atomic E-state index is 12.3. The highest BCUT2D eigenvalue weighted by Gasteiger charge is 2.19. The van der Waals surface area contributed by atoms with Crippen molar-refractivity contribution in [1.82, 2.24) is 9.97 Å². The van der Waals surface area contributed by atoms with Crippen LogP contribution in [0.2, 0.25) is 0 Å². The second-order valence-electron chi connectivity index (χ2n) is 2.30. The SMILES string of the molecule is C[C@](N)(I)c1ncc(F)cn1.Cl. The molecule has 1 aromatic rings. The van der Waals surface area contributed by atoms with Gasteiger partial charge in [0.2, 0.25) is 0 Å². The summed E-state index contributed by atoms with van der Waals surface area (Å²) in [6, 6.07) is 0. The normalized spacial score (nSPS) is 14.7. The first-order chi connectivity index (χ1) is 5.00. The summed E-state index contributed by atoms with van der Waals surface area (Å²) in [7, 11) is 0. The Labute approximate surface area is 89.5 Å². The van der Waals surface area contributed by atoms with E-state index < -0.39 is 9.36 Å². The van der Waals surface area contributed by atoms with E-state index in [4.69, 9.17) is 5.73 Å². The van der Waals surface area contributed by atoms with Crippen molar-refractivity contribution in [2.75, 3.05) is 0 Å². The van der Waals surface area contributed by atoms with E-state index in [9.17, 15) is 4.39 Å². The largest absolute Gasteiger partial charge is 0.311 e. The Hall–Kier alpha value is -0.0100. The molecule has 0 spiro atoms. The third-order valence-electron chi connectivity index (χ3n) is 1.06. The van der Waals surface area contributed by atoms with Crippen LogP contribution in [0, 0.1) is 5.82 Å². The molecule has 1 atom stereocenters. The van der Waals surface area contributed by atoms with Crippen LogP contribution >= 0.6 is 35.0 Å². The van der Waals surface area contributed by atoms with Gasteiger partial charge in [-0.1, -0.05) is 22.6 Å². The number of nitrogens with zero attached hydrogens (tertiary/aromatic N) is 2. The van der Waals surface area contributed by atoms with Crippen LogP contribution in [0.1, 0.15) is 12.7 Å². The van der Waals surface area contributed by atoms with Crippen LogP contribution < -0.4 is 5.73 Å². The van der Waals surface area contributed by atoms with Gasteiger partial charge in [0, 0.05) is 0 Å². The minimum absolute atomic E-state index is 0. The zero-order valence-corrected chi connectivity index (χ0v) is 9.26. The van der Waals surface area contributed by atoms with Crippen LogP contribution in [0.25, 0.3) is 0 Å². The van der Waals surface area contributed by atoms with Crippen molar-refractivity contribution < 1.29 is 4.39 Å². The van der Waals surface area contributed by atoms with Crippen molar-refractivity contribution in [1.29, 1.82) is 0 Å². The number of nitrogens with two attached hydrogens (primary N) is 1. The van der Waals surface area contributed by atoms with Gasteiger partial charge in [0.1, 0.15) is 3.55 Å². The molecule has 6 heteroatoms. The van der Waals surface area contributed by atoms with Gasteiger partial charge in [-0.25, -0.2) is 14.4 Å². The average molecular weight is 304 g/mol. The van der Waals surface area contributed by atoms with E-state index in [1.165, 1.54) is 0 Å². The Kier molecular flexibility index (Phi) is 4.29. The molecular formula is C6H8ClFIN3. The van der Waals surface area contributed by atoms with Gasteiger partial charge in [-0.15, -0.1) is 12.4 Å². The fourth-order valence-corrected chi connectivity index (χ4v) is 0.843. The lowest BCUT2D eigenvalue weighted by Gasteiger charge is -2.12. The quantitative estimate of drug-likeness (QED) is 0.487. The smallest absolute Gasteiger partial charge is 0.159 e. The predicted octanol–water partition coefficient (Wildman–Crippen LogP) is 1.60. The van der Waals surface area contributed by atoms with E-state index in [2.05, 4.69) is 9.97 Å². The second-order valence-corrected chi connectivity index (χ2v) is 4.54. The van der Waals surface area contributed by atoms with Crippen LogP contribution in [0.15, 0.2) is 12.4 Å². The van der Waals surface area contributed by atoms with Crippen molar-refractivity contribution >= 4 is 35.0 Å². The molecule has 1 rings (SSSR count). The van der Waals surface area contributed by atoms with E-state index in [-0.39, 0.29) is 12.4 Å². The van der Waals surface area contributed by atoms with Crippen LogP contribution in [0.5, 0.6) is 0 Å². The predicted molar refractivity (Wildman–Crippen MR) is 54.8 cm³/mol. The summed E-state index contributed by atoms with van der Waals surface area (Å²) in [6.45, 7) is 1.75. The highest BCUT2D eigenvalue weighted by atomic mass is 127. The van der Waals surface area contributed by atoms with Crippen molar-refractivity contribution in [3.8, 4) is 0 Å². The number of rotatable bonds is 1.